The van der Waals surface area contributed by atoms with Gasteiger partial charge >= 0.3 is 0 Å². The molecule has 14 heavy (non-hydrogen) atoms. The van der Waals surface area contributed by atoms with Crippen LogP contribution in [0.1, 0.15) is 54.4 Å². The summed E-state index contributed by atoms with van der Waals surface area (Å²) in [6.45, 7) is 19.1. The van der Waals surface area contributed by atoms with Crippen LogP contribution in [0, 0.1) is 23.8 Å². The third kappa shape index (κ3) is 9.40. The predicted molar refractivity (Wildman–Crippen MR) is 60.3 cm³/mol. The standard InChI is InChI=1S/C13H24.Y/c1-11(13(5,6)7)9-8-10-12(2,3)4;/h1,10H,8-9H2,2-7H3;/q-2;. The minimum atomic E-state index is 0. The maximum absolute atomic E-state index is 5.98. The SMILES string of the molecule is [CH-]=C(CC[CH-]C(C)(C)C)C(C)(C)C.[Y]. The van der Waals surface area contributed by atoms with Crippen molar-refractivity contribution >= 4 is 0 Å². The van der Waals surface area contributed by atoms with Gasteiger partial charge in [0.1, 0.15) is 0 Å². The van der Waals surface area contributed by atoms with E-state index >= 15 is 0 Å². The molecule has 0 saturated carbocycles. The second-order valence-electron chi connectivity index (χ2n) is 5.88. The monoisotopic (exact) mass is 269 g/mol. The molecule has 0 amide bonds. The summed E-state index contributed by atoms with van der Waals surface area (Å²) in [6.07, 6.45) is 4.44. The van der Waals surface area contributed by atoms with Crippen LogP contribution in [0.4, 0.5) is 0 Å². The summed E-state index contributed by atoms with van der Waals surface area (Å²) in [5, 5.41) is 0. The van der Waals surface area contributed by atoms with Gasteiger partial charge in [-0.05, 0) is 5.41 Å². The number of allylic oxidation sites excluding steroid dienone is 1. The summed E-state index contributed by atoms with van der Waals surface area (Å²) in [6, 6.07) is 0. The van der Waals surface area contributed by atoms with Crippen molar-refractivity contribution in [2.24, 2.45) is 10.8 Å². The van der Waals surface area contributed by atoms with E-state index in [1.54, 1.807) is 0 Å². The third-order valence-corrected chi connectivity index (χ3v) is 2.13. The molecule has 0 bridgehead atoms. The summed E-state index contributed by atoms with van der Waals surface area (Å²) in [5.74, 6) is 0. The maximum atomic E-state index is 5.98. The van der Waals surface area contributed by atoms with Crippen LogP contribution in [0.25, 0.3) is 0 Å². The molecule has 0 atom stereocenters. The van der Waals surface area contributed by atoms with Crippen LogP contribution in [0.5, 0.6) is 0 Å². The van der Waals surface area contributed by atoms with Crippen molar-refractivity contribution in [3.63, 3.8) is 0 Å². The van der Waals surface area contributed by atoms with Crippen LogP contribution in [-0.4, -0.2) is 0 Å². The molecule has 0 N–H and O–H groups in total. The molecule has 0 nitrogen and oxygen atoms in total. The average molecular weight is 269 g/mol. The van der Waals surface area contributed by atoms with E-state index < -0.39 is 0 Å². The first-order chi connectivity index (χ1) is 5.63. The van der Waals surface area contributed by atoms with Gasteiger partial charge < -0.3 is 13.0 Å². The number of rotatable bonds is 3. The Labute approximate surface area is 116 Å². The summed E-state index contributed by atoms with van der Waals surface area (Å²) in [4.78, 5) is 0. The van der Waals surface area contributed by atoms with Crippen molar-refractivity contribution in [3.8, 4) is 0 Å². The van der Waals surface area contributed by atoms with Crippen LogP contribution in [0.3, 0.4) is 0 Å². The molecule has 0 aliphatic rings. The molecule has 1 heteroatoms. The first-order valence-electron chi connectivity index (χ1n) is 5.09. The Hall–Kier alpha value is 0.844. The van der Waals surface area contributed by atoms with Crippen LogP contribution >= 0.6 is 0 Å². The maximum Gasteiger partial charge on any atom is 0 e. The van der Waals surface area contributed by atoms with E-state index in [-0.39, 0.29) is 38.1 Å². The van der Waals surface area contributed by atoms with E-state index in [1.807, 2.05) is 0 Å². The van der Waals surface area contributed by atoms with Crippen molar-refractivity contribution in [2.75, 3.05) is 0 Å². The molecule has 1 radical (unpaired) electrons. The van der Waals surface area contributed by atoms with E-state index in [1.165, 1.54) is 0 Å². The smallest absolute Gasteiger partial charge is 0 e. The van der Waals surface area contributed by atoms with Gasteiger partial charge in [0.2, 0.25) is 0 Å². The van der Waals surface area contributed by atoms with Crippen LogP contribution in [-0.2, 0) is 32.7 Å². The van der Waals surface area contributed by atoms with Crippen LogP contribution in [0.2, 0.25) is 0 Å². The predicted octanol–water partition coefficient (Wildman–Crippen LogP) is 4.42. The largest absolute Gasteiger partial charge is 0.514 e. The molecule has 0 unspecified atom stereocenters. The minimum absolute atomic E-state index is 0. The van der Waals surface area contributed by atoms with Crippen molar-refractivity contribution < 1.29 is 32.7 Å². The molecular formula is C13H24Y-2. The van der Waals surface area contributed by atoms with E-state index in [0.717, 1.165) is 18.4 Å². The normalized spacial score (nSPS) is 12.1. The average Bonchev–Trinajstić information content (AvgIpc) is 1.82. The molecule has 0 aliphatic heterocycles. The molecule has 0 aromatic rings. The molecular weight excluding hydrogens is 245 g/mol. The molecule has 0 aromatic carbocycles. The number of hydrogen-bond donors (Lipinski definition) is 0. The summed E-state index contributed by atoms with van der Waals surface area (Å²) >= 11 is 0. The molecule has 0 spiro atoms. The second kappa shape index (κ2) is 6.43. The molecule has 0 aliphatic carbocycles. The fraction of sp³-hybridized carbons (Fsp3) is 0.769. The summed E-state index contributed by atoms with van der Waals surface area (Å²) in [5.41, 5.74) is 1.58. The zero-order valence-corrected chi connectivity index (χ0v) is 13.5. The topological polar surface area (TPSA) is 0 Å². The Kier molecular flexibility index (Phi) is 7.92. The molecule has 0 rings (SSSR count). The molecule has 0 heterocycles. The fourth-order valence-corrected chi connectivity index (χ4v) is 1.04. The summed E-state index contributed by atoms with van der Waals surface area (Å²) in [7, 11) is 0. The Morgan fingerprint density at radius 1 is 1.07 bits per heavy atom. The van der Waals surface area contributed by atoms with Gasteiger partial charge in [0, 0.05) is 32.7 Å². The molecule has 0 saturated heterocycles. The van der Waals surface area contributed by atoms with Gasteiger partial charge in [0.25, 0.3) is 0 Å². The quantitative estimate of drug-likeness (QED) is 0.665. The first kappa shape index (κ1) is 17.2. The van der Waals surface area contributed by atoms with Crippen molar-refractivity contribution in [1.82, 2.24) is 0 Å². The van der Waals surface area contributed by atoms with Crippen molar-refractivity contribution in [3.05, 3.63) is 18.6 Å². The Bertz CT molecular complexity index is 167. The zero-order chi connectivity index (χ0) is 10.7. The van der Waals surface area contributed by atoms with Gasteiger partial charge in [-0.2, -0.15) is 11.8 Å². The van der Waals surface area contributed by atoms with Gasteiger partial charge in [0.15, 0.2) is 0 Å². The number of hydrogen-bond acceptors (Lipinski definition) is 0. The Morgan fingerprint density at radius 3 is 1.79 bits per heavy atom. The van der Waals surface area contributed by atoms with E-state index in [4.69, 9.17) is 6.58 Å². The van der Waals surface area contributed by atoms with Crippen molar-refractivity contribution in [1.29, 1.82) is 0 Å². The fourth-order valence-electron chi connectivity index (χ4n) is 1.04. The van der Waals surface area contributed by atoms with Gasteiger partial charge in [-0.15, -0.1) is 0 Å². The zero-order valence-electron chi connectivity index (χ0n) is 10.6. The van der Waals surface area contributed by atoms with Crippen LogP contribution < -0.4 is 0 Å². The molecule has 0 aromatic heterocycles. The van der Waals surface area contributed by atoms with E-state index in [2.05, 4.69) is 48.0 Å². The van der Waals surface area contributed by atoms with Gasteiger partial charge in [-0.3, -0.25) is 5.57 Å². The molecule has 0 fully saturated rings. The Morgan fingerprint density at radius 2 is 1.50 bits per heavy atom. The van der Waals surface area contributed by atoms with Gasteiger partial charge in [0.05, 0.1) is 0 Å². The van der Waals surface area contributed by atoms with Gasteiger partial charge in [-0.1, -0.05) is 48.0 Å². The molecule has 81 valence electrons. The minimum Gasteiger partial charge on any atom is -0.514 e. The van der Waals surface area contributed by atoms with Crippen molar-refractivity contribution in [2.45, 2.75) is 54.4 Å². The van der Waals surface area contributed by atoms with Crippen LogP contribution in [0.15, 0.2) is 5.57 Å². The van der Waals surface area contributed by atoms with E-state index in [9.17, 15) is 0 Å². The third-order valence-electron chi connectivity index (χ3n) is 2.13. The Balaban J connectivity index is 0. The summed E-state index contributed by atoms with van der Waals surface area (Å²) < 4.78 is 0. The second-order valence-corrected chi connectivity index (χ2v) is 5.88. The van der Waals surface area contributed by atoms with Gasteiger partial charge in [-0.25, -0.2) is 0 Å². The first-order valence-corrected chi connectivity index (χ1v) is 5.09. The van der Waals surface area contributed by atoms with E-state index in [0.29, 0.717) is 5.41 Å².